The van der Waals surface area contributed by atoms with Crippen LogP contribution in [0.4, 0.5) is 8.78 Å². The molecule has 8 heteroatoms. The number of hydrogen-bond acceptors (Lipinski definition) is 4. The molecule has 0 spiro atoms. The van der Waals surface area contributed by atoms with Crippen molar-refractivity contribution in [2.24, 2.45) is 0 Å². The Morgan fingerprint density at radius 3 is 1.83 bits per heavy atom. The molecule has 232 valence electrons. The van der Waals surface area contributed by atoms with Gasteiger partial charge in [-0.15, -0.1) is 0 Å². The molecule has 0 aliphatic heterocycles. The Balaban J connectivity index is 0.000000147. The molecule has 8 rings (SSSR count). The molecule has 0 bridgehead atoms. The average Bonchev–Trinajstić information content (AvgIpc) is 3.55. The van der Waals surface area contributed by atoms with Crippen LogP contribution in [0.25, 0.3) is 33.2 Å². The highest BCUT2D eigenvalue weighted by Crippen LogP contribution is 2.34. The Bertz CT molecular complexity index is 2080. The molecule has 0 radical (unpaired) electrons. The molecule has 0 N–H and O–H groups in total. The first-order chi connectivity index (χ1) is 22.4. The second-order valence-corrected chi connectivity index (χ2v) is 12.2. The van der Waals surface area contributed by atoms with E-state index in [4.69, 9.17) is 0 Å². The number of nitrogens with zero attached hydrogens (tertiary/aromatic N) is 4. The van der Waals surface area contributed by atoms with Gasteiger partial charge in [0.1, 0.15) is 23.2 Å². The number of benzene rings is 4. The highest BCUT2D eigenvalue weighted by Gasteiger charge is 2.25. The number of halogens is 2. The van der Waals surface area contributed by atoms with Crippen LogP contribution in [0, 0.1) is 11.6 Å². The van der Waals surface area contributed by atoms with E-state index in [1.165, 1.54) is 35.4 Å². The molecule has 4 aromatic carbocycles. The van der Waals surface area contributed by atoms with Gasteiger partial charge in [-0.3, -0.25) is 9.59 Å². The van der Waals surface area contributed by atoms with Gasteiger partial charge in [0.2, 0.25) is 0 Å². The molecule has 6 aromatic rings. The molecule has 2 heterocycles. The third kappa shape index (κ3) is 5.75. The van der Waals surface area contributed by atoms with Gasteiger partial charge in [-0.05, 0) is 127 Å². The Hall–Kier alpha value is -4.98. The first-order valence-electron chi connectivity index (χ1n) is 15.9. The fourth-order valence-electron chi connectivity index (χ4n) is 6.84. The summed E-state index contributed by atoms with van der Waals surface area (Å²) in [7, 11) is 0. The number of carbonyl (C=O) groups is 2. The van der Waals surface area contributed by atoms with Gasteiger partial charge in [-0.25, -0.2) is 18.1 Å². The maximum absolute atomic E-state index is 13.2. The van der Waals surface area contributed by atoms with Gasteiger partial charge in [-0.2, -0.15) is 10.2 Å². The number of Topliss-reactive ketones (excluding diaryl/α,β-unsaturated/α-hetero) is 2. The first kappa shape index (κ1) is 29.7. The second-order valence-electron chi connectivity index (χ2n) is 12.2. The lowest BCUT2D eigenvalue weighted by Crippen LogP contribution is -2.10. The molecule has 0 saturated heterocycles. The normalized spacial score (nSPS) is 16.4. The average molecular weight is 617 g/mol. The van der Waals surface area contributed by atoms with E-state index in [1.807, 2.05) is 15.6 Å². The van der Waals surface area contributed by atoms with Crippen molar-refractivity contribution in [3.63, 3.8) is 0 Å². The van der Waals surface area contributed by atoms with Crippen LogP contribution in [0.2, 0.25) is 0 Å². The van der Waals surface area contributed by atoms with Crippen molar-refractivity contribution < 1.29 is 18.4 Å². The van der Waals surface area contributed by atoms with Crippen molar-refractivity contribution in [1.29, 1.82) is 0 Å². The highest BCUT2D eigenvalue weighted by atomic mass is 19.1. The van der Waals surface area contributed by atoms with E-state index in [0.717, 1.165) is 76.4 Å². The number of aryl methyl sites for hydroxylation is 2. The van der Waals surface area contributed by atoms with E-state index in [-0.39, 0.29) is 17.6 Å². The maximum atomic E-state index is 13.2. The van der Waals surface area contributed by atoms with Gasteiger partial charge in [0.15, 0.2) is 0 Å². The van der Waals surface area contributed by atoms with Crippen LogP contribution in [0.5, 0.6) is 0 Å². The maximum Gasteiger partial charge on any atom is 0.140 e. The van der Waals surface area contributed by atoms with Gasteiger partial charge in [0, 0.05) is 36.0 Å². The number of aromatic nitrogens is 4. The van der Waals surface area contributed by atoms with Crippen LogP contribution >= 0.6 is 0 Å². The number of ketones is 2. The minimum atomic E-state index is -0.257. The summed E-state index contributed by atoms with van der Waals surface area (Å²) in [5.74, 6) is 0.146. The number of hydrogen-bond donors (Lipinski definition) is 0. The van der Waals surface area contributed by atoms with Crippen molar-refractivity contribution in [3.05, 3.63) is 119 Å². The molecule has 2 aromatic heterocycles. The SMILES string of the molecule is CCC1C(=O)CCCc2cc3c(cnn3-c3ccc(F)cc3)cc21.O=C1CCCc2cc3c(cnn3-c3ccc(F)cc3)cc2C1. The van der Waals surface area contributed by atoms with Crippen LogP contribution < -0.4 is 0 Å². The molecule has 0 saturated carbocycles. The fourth-order valence-corrected chi connectivity index (χ4v) is 6.84. The van der Waals surface area contributed by atoms with Gasteiger partial charge < -0.3 is 0 Å². The van der Waals surface area contributed by atoms with Crippen molar-refractivity contribution >= 4 is 33.4 Å². The van der Waals surface area contributed by atoms with E-state index >= 15 is 0 Å². The van der Waals surface area contributed by atoms with E-state index in [0.29, 0.717) is 30.8 Å². The molecule has 46 heavy (non-hydrogen) atoms. The van der Waals surface area contributed by atoms with E-state index < -0.39 is 0 Å². The minimum absolute atomic E-state index is 0.000992. The molecular formula is C38H34F2N4O2. The molecule has 2 aliphatic rings. The second kappa shape index (κ2) is 12.4. The summed E-state index contributed by atoms with van der Waals surface area (Å²) in [5, 5.41) is 10.9. The zero-order chi connectivity index (χ0) is 31.8. The van der Waals surface area contributed by atoms with Crippen LogP contribution in [-0.4, -0.2) is 31.1 Å². The quantitative estimate of drug-likeness (QED) is 0.188. The molecule has 0 amide bonds. The molecule has 0 fully saturated rings. The number of rotatable bonds is 3. The third-order valence-electron chi connectivity index (χ3n) is 9.19. The number of fused-ring (bicyclic) bond motifs is 4. The van der Waals surface area contributed by atoms with Crippen LogP contribution in [0.3, 0.4) is 0 Å². The topological polar surface area (TPSA) is 69.8 Å². The van der Waals surface area contributed by atoms with E-state index in [1.54, 1.807) is 30.5 Å². The summed E-state index contributed by atoms with van der Waals surface area (Å²) < 4.78 is 29.9. The Labute approximate surface area is 265 Å². The summed E-state index contributed by atoms with van der Waals surface area (Å²) in [6, 6.07) is 21.1. The minimum Gasteiger partial charge on any atom is -0.299 e. The van der Waals surface area contributed by atoms with Crippen molar-refractivity contribution in [2.45, 2.75) is 64.2 Å². The number of carbonyl (C=O) groups excluding carboxylic acids is 2. The lowest BCUT2D eigenvalue weighted by atomic mass is 9.89. The van der Waals surface area contributed by atoms with E-state index in [2.05, 4.69) is 41.4 Å². The molecule has 6 nitrogen and oxygen atoms in total. The van der Waals surface area contributed by atoms with Gasteiger partial charge in [0.25, 0.3) is 0 Å². The zero-order valence-electron chi connectivity index (χ0n) is 25.7. The lowest BCUT2D eigenvalue weighted by Gasteiger charge is -2.15. The standard InChI is InChI=1S/C20H19FN2O.C18H15FN2O/c1-2-17-18-10-14-12-22-23(16-8-6-15(21)7-9-16)19(14)11-13(18)4-3-5-20(17)24;19-15-4-6-16(7-5-15)21-18-10-12-2-1-3-17(22)9-13(12)8-14(18)11-20-21/h6-12,17H,2-5H2,1H3;4-8,10-11H,1-3,9H2. The summed E-state index contributed by atoms with van der Waals surface area (Å²) in [6.45, 7) is 2.07. The summed E-state index contributed by atoms with van der Waals surface area (Å²) in [5.41, 5.74) is 8.42. The largest absolute Gasteiger partial charge is 0.299 e. The predicted octanol–water partition coefficient (Wildman–Crippen LogP) is 8.18. The van der Waals surface area contributed by atoms with Crippen molar-refractivity contribution in [2.75, 3.05) is 0 Å². The summed E-state index contributed by atoms with van der Waals surface area (Å²) in [6.07, 6.45) is 9.95. The monoisotopic (exact) mass is 616 g/mol. The summed E-state index contributed by atoms with van der Waals surface area (Å²) >= 11 is 0. The van der Waals surface area contributed by atoms with Crippen molar-refractivity contribution in [1.82, 2.24) is 19.6 Å². The Morgan fingerprint density at radius 1 is 0.674 bits per heavy atom. The van der Waals surface area contributed by atoms with E-state index in [9.17, 15) is 18.4 Å². The van der Waals surface area contributed by atoms with Crippen LogP contribution in [0.1, 0.15) is 67.2 Å². The highest BCUT2D eigenvalue weighted by molar-refractivity contribution is 5.90. The fraction of sp³-hybridized carbons (Fsp3) is 0.263. The van der Waals surface area contributed by atoms with Crippen LogP contribution in [0.15, 0.2) is 85.2 Å². The Morgan fingerprint density at radius 2 is 1.22 bits per heavy atom. The summed E-state index contributed by atoms with van der Waals surface area (Å²) in [4.78, 5) is 24.1. The van der Waals surface area contributed by atoms with Gasteiger partial charge >= 0.3 is 0 Å². The molecule has 1 unspecified atom stereocenters. The predicted molar refractivity (Wildman–Crippen MR) is 175 cm³/mol. The molecule has 1 atom stereocenters. The molecular weight excluding hydrogens is 582 g/mol. The van der Waals surface area contributed by atoms with Crippen LogP contribution in [-0.2, 0) is 28.9 Å². The molecule has 2 aliphatic carbocycles. The Kier molecular flexibility index (Phi) is 8.03. The van der Waals surface area contributed by atoms with Crippen molar-refractivity contribution in [3.8, 4) is 11.4 Å². The van der Waals surface area contributed by atoms with Gasteiger partial charge in [0.05, 0.1) is 34.8 Å². The first-order valence-corrected chi connectivity index (χ1v) is 15.9. The third-order valence-corrected chi connectivity index (χ3v) is 9.19. The zero-order valence-corrected chi connectivity index (χ0v) is 25.7. The lowest BCUT2D eigenvalue weighted by molar-refractivity contribution is -0.120. The van der Waals surface area contributed by atoms with Gasteiger partial charge in [-0.1, -0.05) is 6.92 Å². The smallest absolute Gasteiger partial charge is 0.140 e.